The molecule has 1 aliphatic rings. The van der Waals surface area contributed by atoms with Crippen molar-refractivity contribution >= 4 is 60.5 Å². The highest BCUT2D eigenvalue weighted by atomic mass is 35.5. The predicted molar refractivity (Wildman–Crippen MR) is 151 cm³/mol. The number of halogens is 2. The number of nitrogens with one attached hydrogen (secondary N) is 1. The number of carbonyl (C=O) groups excluding carboxylic acids is 2. The molecule has 1 atom stereocenters. The second kappa shape index (κ2) is 11.4. The van der Waals surface area contributed by atoms with Crippen LogP contribution in [0.4, 0.5) is 10.1 Å². The number of hydrogen-bond donors (Lipinski definition) is 3. The van der Waals surface area contributed by atoms with E-state index in [2.05, 4.69) is 4.72 Å². The minimum absolute atomic E-state index is 0.0229. The second-order valence-corrected chi connectivity index (χ2v) is 13.9. The lowest BCUT2D eigenvalue weighted by atomic mass is 10.0. The van der Waals surface area contributed by atoms with E-state index in [1.807, 2.05) is 0 Å². The van der Waals surface area contributed by atoms with E-state index in [-0.39, 0.29) is 45.2 Å². The largest absolute Gasteiger partial charge is 0.369 e. The fraction of sp³-hybridized carbons (Fsp3) is 0.200. The second-order valence-electron chi connectivity index (χ2n) is 8.91. The Labute approximate surface area is 239 Å². The Balaban J connectivity index is 1.76. The minimum Gasteiger partial charge on any atom is -0.369 e. The molecule has 0 radical (unpaired) electrons. The normalized spacial score (nSPS) is 16.3. The zero-order valence-corrected chi connectivity index (χ0v) is 24.1. The lowest BCUT2D eigenvalue weighted by Gasteiger charge is -2.20. The molecule has 40 heavy (non-hydrogen) atoms. The zero-order valence-electron chi connectivity index (χ0n) is 20.9. The van der Waals surface area contributed by atoms with Crippen molar-refractivity contribution in [3.05, 3.63) is 80.1 Å². The molecule has 1 aliphatic heterocycles. The Hall–Kier alpha value is -3.14. The summed E-state index contributed by atoms with van der Waals surface area (Å²) in [6, 6.07) is 12.9. The number of primary amides is 1. The minimum atomic E-state index is -4.37. The van der Waals surface area contributed by atoms with Crippen molar-refractivity contribution in [1.82, 2.24) is 4.72 Å². The van der Waals surface area contributed by atoms with Crippen LogP contribution in [0.1, 0.15) is 24.1 Å². The van der Waals surface area contributed by atoms with E-state index in [9.17, 15) is 26.4 Å². The van der Waals surface area contributed by atoms with Crippen LogP contribution in [0.15, 0.2) is 70.0 Å². The van der Waals surface area contributed by atoms with Gasteiger partial charge >= 0.3 is 0 Å². The van der Waals surface area contributed by atoms with E-state index in [1.165, 1.54) is 30.3 Å². The molecular formula is C25H24ClFN4O6S3. The number of primary sulfonamides is 1. The van der Waals surface area contributed by atoms with Crippen molar-refractivity contribution in [1.29, 1.82) is 0 Å². The van der Waals surface area contributed by atoms with Crippen LogP contribution in [-0.2, 0) is 29.6 Å². The van der Waals surface area contributed by atoms with E-state index < -0.39 is 50.1 Å². The number of carbonyl (C=O) groups is 2. The molecule has 2 amide bonds. The Morgan fingerprint density at radius 3 is 2.45 bits per heavy atom. The number of rotatable bonds is 9. The summed E-state index contributed by atoms with van der Waals surface area (Å²) in [5, 5.41) is 5.30. The van der Waals surface area contributed by atoms with Crippen molar-refractivity contribution in [2.45, 2.75) is 24.2 Å². The summed E-state index contributed by atoms with van der Waals surface area (Å²) in [6.45, 7) is 0.887. The van der Waals surface area contributed by atoms with Crippen molar-refractivity contribution in [3.63, 3.8) is 0 Å². The van der Waals surface area contributed by atoms with Gasteiger partial charge < -0.3 is 10.6 Å². The smallest absolute Gasteiger partial charge is 0.255 e. The molecule has 0 bridgehead atoms. The topological polar surface area (TPSA) is 170 Å². The third-order valence-corrected chi connectivity index (χ3v) is 10.4. The van der Waals surface area contributed by atoms with Crippen LogP contribution in [0.3, 0.4) is 0 Å². The van der Waals surface area contributed by atoms with Gasteiger partial charge in [0.1, 0.15) is 5.82 Å². The number of nitrogens with zero attached hydrogens (tertiary/aromatic N) is 1. The van der Waals surface area contributed by atoms with Gasteiger partial charge in [0.15, 0.2) is 0 Å². The molecule has 2 aromatic carbocycles. The van der Waals surface area contributed by atoms with E-state index in [0.29, 0.717) is 9.21 Å². The lowest BCUT2D eigenvalue weighted by Crippen LogP contribution is -2.36. The lowest BCUT2D eigenvalue weighted by molar-refractivity contribution is -0.117. The Morgan fingerprint density at radius 2 is 1.85 bits per heavy atom. The number of amides is 2. The Kier molecular flexibility index (Phi) is 8.49. The maximum absolute atomic E-state index is 15.4. The summed E-state index contributed by atoms with van der Waals surface area (Å²) in [6.07, 6.45) is -0.0233. The molecule has 2 heterocycles. The van der Waals surface area contributed by atoms with Crippen molar-refractivity contribution in [2.24, 2.45) is 10.9 Å². The van der Waals surface area contributed by atoms with Gasteiger partial charge in [0.05, 0.1) is 26.4 Å². The van der Waals surface area contributed by atoms with Crippen LogP contribution in [0.5, 0.6) is 0 Å². The first-order valence-electron chi connectivity index (χ1n) is 11.7. The molecule has 0 saturated carbocycles. The van der Waals surface area contributed by atoms with E-state index in [1.54, 1.807) is 25.1 Å². The van der Waals surface area contributed by atoms with Crippen molar-refractivity contribution in [3.8, 4) is 11.1 Å². The number of allylic oxidation sites excluding steroid dienone is 1. The maximum atomic E-state index is 15.4. The van der Waals surface area contributed by atoms with Crippen molar-refractivity contribution < 1.29 is 30.8 Å². The third-order valence-electron chi connectivity index (χ3n) is 6.27. The van der Waals surface area contributed by atoms with Crippen LogP contribution in [-0.4, -0.2) is 41.7 Å². The molecule has 5 N–H and O–H groups in total. The van der Waals surface area contributed by atoms with Gasteiger partial charge in [0.25, 0.3) is 5.91 Å². The first kappa shape index (κ1) is 29.8. The number of sulfonamides is 2. The average molecular weight is 627 g/mol. The molecule has 1 aromatic heterocycles. The summed E-state index contributed by atoms with van der Waals surface area (Å²) in [4.78, 5) is 26.1. The molecule has 0 spiro atoms. The molecule has 0 aliphatic carbocycles. The molecule has 1 fully saturated rings. The van der Waals surface area contributed by atoms with Gasteiger partial charge in [-0.3, -0.25) is 9.59 Å². The fourth-order valence-corrected chi connectivity index (χ4v) is 8.04. The number of thiophene rings is 1. The fourth-order valence-electron chi connectivity index (χ4n) is 4.49. The van der Waals surface area contributed by atoms with Crippen LogP contribution in [0, 0.1) is 5.82 Å². The number of hydrogen-bond acceptors (Lipinski definition) is 7. The summed E-state index contributed by atoms with van der Waals surface area (Å²) in [5.74, 6) is -3.29. The van der Waals surface area contributed by atoms with Gasteiger partial charge in [-0.25, -0.2) is 31.1 Å². The monoisotopic (exact) mass is 626 g/mol. The van der Waals surface area contributed by atoms with Gasteiger partial charge in [0.2, 0.25) is 26.0 Å². The first-order chi connectivity index (χ1) is 18.7. The quantitative estimate of drug-likeness (QED) is 0.308. The summed E-state index contributed by atoms with van der Waals surface area (Å²) in [7, 11) is -8.46. The Morgan fingerprint density at radius 1 is 1.15 bits per heavy atom. The van der Waals surface area contributed by atoms with Gasteiger partial charge in [-0.1, -0.05) is 42.8 Å². The van der Waals surface area contributed by atoms with E-state index >= 15 is 4.39 Å². The van der Waals surface area contributed by atoms with Gasteiger partial charge in [-0.15, -0.1) is 11.3 Å². The van der Waals surface area contributed by atoms with Crippen LogP contribution < -0.4 is 20.5 Å². The van der Waals surface area contributed by atoms with E-state index in [0.717, 1.165) is 22.3 Å². The summed E-state index contributed by atoms with van der Waals surface area (Å²) < 4.78 is 68.5. The first-order valence-corrected chi connectivity index (χ1v) is 15.9. The van der Waals surface area contributed by atoms with Crippen molar-refractivity contribution in [2.75, 3.05) is 18.0 Å². The average Bonchev–Trinajstić information content (AvgIpc) is 3.48. The van der Waals surface area contributed by atoms with E-state index in [4.69, 9.17) is 22.5 Å². The highest BCUT2D eigenvalue weighted by molar-refractivity contribution is 7.93. The zero-order chi connectivity index (χ0) is 29.4. The molecule has 1 unspecified atom stereocenters. The maximum Gasteiger partial charge on any atom is 0.255 e. The molecule has 3 aromatic rings. The van der Waals surface area contributed by atoms with Crippen LogP contribution in [0.25, 0.3) is 11.1 Å². The molecular weight excluding hydrogens is 603 g/mol. The standard InChI is InChI=1S/C25H24ClFN4O6S3/c1-14(20-8-9-22(26)38-20)24(40(36,37)30-13-23(28)32)17-10-11-31(25(17)33)19-7-6-15(12-18(19)27)16-4-2-3-5-21(16)39(29,34)35/h2-9,12,14,30H,10-11,13H2,1H3,(H2,28,32)(H2,29,34,35). The SMILES string of the molecule is CC(C(=C1CCN(c2ccc(-c3ccccc3S(N)(=O)=O)cc2F)C1=O)S(=O)(=O)NCC(N)=O)c1ccc(Cl)s1. The number of anilines is 1. The Bertz CT molecular complexity index is 1760. The van der Waals surface area contributed by atoms with Crippen LogP contribution >= 0.6 is 22.9 Å². The molecule has 10 nitrogen and oxygen atoms in total. The van der Waals surface area contributed by atoms with Gasteiger partial charge in [-0.2, -0.15) is 0 Å². The molecule has 1 saturated heterocycles. The van der Waals surface area contributed by atoms with Gasteiger partial charge in [0, 0.05) is 28.5 Å². The molecule has 4 rings (SSSR count). The van der Waals surface area contributed by atoms with Gasteiger partial charge in [-0.05, 0) is 42.3 Å². The summed E-state index contributed by atoms with van der Waals surface area (Å²) >= 11 is 7.18. The highest BCUT2D eigenvalue weighted by Gasteiger charge is 2.38. The third kappa shape index (κ3) is 6.11. The number of nitrogens with two attached hydrogens (primary N) is 2. The predicted octanol–water partition coefficient (Wildman–Crippen LogP) is 3.05. The summed E-state index contributed by atoms with van der Waals surface area (Å²) in [5.41, 5.74) is 5.33. The number of benzene rings is 2. The highest BCUT2D eigenvalue weighted by Crippen LogP contribution is 2.40. The molecule has 212 valence electrons. The van der Waals surface area contributed by atoms with Crippen LogP contribution in [0.2, 0.25) is 4.34 Å². The molecule has 15 heteroatoms.